The second-order valence-corrected chi connectivity index (χ2v) is 6.99. The third-order valence-electron chi connectivity index (χ3n) is 5.27. The van der Waals surface area contributed by atoms with Crippen LogP contribution >= 0.6 is 0 Å². The van der Waals surface area contributed by atoms with Crippen molar-refractivity contribution in [1.29, 1.82) is 0 Å². The number of hydrogen-bond acceptors (Lipinski definition) is 4. The molecule has 0 spiro atoms. The van der Waals surface area contributed by atoms with Crippen molar-refractivity contribution in [3.05, 3.63) is 59.7 Å². The zero-order valence-electron chi connectivity index (χ0n) is 16.4. The normalized spacial score (nSPS) is 15.0. The molecule has 1 amide bonds. The van der Waals surface area contributed by atoms with Gasteiger partial charge in [-0.3, -0.25) is 4.79 Å². The smallest absolute Gasteiger partial charge is 0.223 e. The van der Waals surface area contributed by atoms with Gasteiger partial charge in [0, 0.05) is 38.5 Å². The number of carbonyl (C=O) groups excluding carboxylic acids is 1. The van der Waals surface area contributed by atoms with Crippen molar-refractivity contribution >= 4 is 5.91 Å². The molecule has 0 bridgehead atoms. The highest BCUT2D eigenvalue weighted by Crippen LogP contribution is 2.31. The molecule has 0 aliphatic carbocycles. The van der Waals surface area contributed by atoms with Gasteiger partial charge in [-0.1, -0.05) is 24.3 Å². The lowest BCUT2D eigenvalue weighted by Gasteiger charge is -2.33. The largest absolute Gasteiger partial charge is 0.497 e. The number of ether oxygens (including phenoxy) is 2. The Kier molecular flexibility index (Phi) is 6.35. The van der Waals surface area contributed by atoms with Gasteiger partial charge in [-0.15, -0.1) is 0 Å². The highest BCUT2D eigenvalue weighted by Gasteiger charge is 2.24. The number of hydrogen-bond donors (Lipinski definition) is 0. The summed E-state index contributed by atoms with van der Waals surface area (Å²) in [4.78, 5) is 17.2. The van der Waals surface area contributed by atoms with E-state index >= 15 is 0 Å². The summed E-state index contributed by atoms with van der Waals surface area (Å²) >= 11 is 0. The molecule has 5 nitrogen and oxygen atoms in total. The van der Waals surface area contributed by atoms with E-state index in [0.717, 1.165) is 48.8 Å². The van der Waals surface area contributed by atoms with E-state index in [1.54, 1.807) is 14.2 Å². The molecule has 3 rings (SSSR count). The van der Waals surface area contributed by atoms with Gasteiger partial charge in [0.05, 0.1) is 14.2 Å². The van der Waals surface area contributed by atoms with Gasteiger partial charge in [0.25, 0.3) is 0 Å². The minimum absolute atomic E-state index is 0.00830. The Morgan fingerprint density at radius 3 is 1.70 bits per heavy atom. The number of rotatable bonds is 6. The summed E-state index contributed by atoms with van der Waals surface area (Å²) in [5, 5.41) is 0. The quantitative estimate of drug-likeness (QED) is 0.786. The molecule has 1 fully saturated rings. The molecule has 0 N–H and O–H groups in total. The molecule has 1 saturated heterocycles. The van der Waals surface area contributed by atoms with Crippen LogP contribution in [-0.2, 0) is 4.79 Å². The molecule has 0 aromatic heterocycles. The fraction of sp³-hybridized carbons (Fsp3) is 0.409. The number of piperazine rings is 1. The van der Waals surface area contributed by atoms with Crippen LogP contribution in [0.15, 0.2) is 48.5 Å². The second kappa shape index (κ2) is 8.91. The lowest BCUT2D eigenvalue weighted by molar-refractivity contribution is -0.133. The molecule has 1 heterocycles. The van der Waals surface area contributed by atoms with Crippen LogP contribution in [0, 0.1) is 0 Å². The van der Waals surface area contributed by atoms with Gasteiger partial charge < -0.3 is 19.3 Å². The average Bonchev–Trinajstić information content (AvgIpc) is 2.72. The van der Waals surface area contributed by atoms with Crippen LogP contribution < -0.4 is 9.47 Å². The van der Waals surface area contributed by atoms with Crippen LogP contribution in [0.3, 0.4) is 0 Å². The summed E-state index contributed by atoms with van der Waals surface area (Å²) in [6.07, 6.45) is 0.461. The van der Waals surface area contributed by atoms with Gasteiger partial charge in [0.2, 0.25) is 5.91 Å². The van der Waals surface area contributed by atoms with E-state index < -0.39 is 0 Å². The van der Waals surface area contributed by atoms with E-state index in [-0.39, 0.29) is 11.8 Å². The van der Waals surface area contributed by atoms with Crippen molar-refractivity contribution in [3.63, 3.8) is 0 Å². The summed E-state index contributed by atoms with van der Waals surface area (Å²) in [6.45, 7) is 3.46. The Balaban J connectivity index is 1.82. The summed E-state index contributed by atoms with van der Waals surface area (Å²) < 4.78 is 10.5. The van der Waals surface area contributed by atoms with Gasteiger partial charge in [0.15, 0.2) is 0 Å². The lowest BCUT2D eigenvalue weighted by Crippen LogP contribution is -2.47. The minimum Gasteiger partial charge on any atom is -0.497 e. The third kappa shape index (κ3) is 4.80. The van der Waals surface area contributed by atoms with Gasteiger partial charge in [-0.25, -0.2) is 0 Å². The number of nitrogens with zero attached hydrogens (tertiary/aromatic N) is 2. The molecule has 2 aromatic rings. The number of methoxy groups -OCH3 is 2. The molecule has 144 valence electrons. The average molecular weight is 368 g/mol. The predicted molar refractivity (Wildman–Crippen MR) is 107 cm³/mol. The topological polar surface area (TPSA) is 42.0 Å². The van der Waals surface area contributed by atoms with E-state index in [0.29, 0.717) is 6.42 Å². The molecular weight excluding hydrogens is 340 g/mol. The number of likely N-dealkylation sites (N-methyl/N-ethyl adjacent to an activating group) is 1. The van der Waals surface area contributed by atoms with Crippen LogP contribution in [0.5, 0.6) is 11.5 Å². The van der Waals surface area contributed by atoms with Crippen LogP contribution in [0.2, 0.25) is 0 Å². The van der Waals surface area contributed by atoms with Crippen molar-refractivity contribution in [2.45, 2.75) is 12.3 Å². The highest BCUT2D eigenvalue weighted by molar-refractivity contribution is 5.78. The zero-order valence-corrected chi connectivity index (χ0v) is 16.4. The Hall–Kier alpha value is -2.53. The summed E-state index contributed by atoms with van der Waals surface area (Å²) in [7, 11) is 5.42. The fourth-order valence-corrected chi connectivity index (χ4v) is 3.46. The molecular formula is C22H28N2O3. The molecule has 0 saturated carbocycles. The van der Waals surface area contributed by atoms with Crippen LogP contribution in [0.4, 0.5) is 0 Å². The number of carbonyl (C=O) groups is 1. The molecule has 1 aliphatic rings. The fourth-order valence-electron chi connectivity index (χ4n) is 3.46. The highest BCUT2D eigenvalue weighted by atomic mass is 16.5. The summed E-state index contributed by atoms with van der Waals surface area (Å²) in [5.41, 5.74) is 2.23. The van der Waals surface area contributed by atoms with E-state index in [4.69, 9.17) is 9.47 Å². The van der Waals surface area contributed by atoms with Gasteiger partial charge in [0.1, 0.15) is 11.5 Å². The lowest BCUT2D eigenvalue weighted by atomic mass is 9.88. The van der Waals surface area contributed by atoms with Gasteiger partial charge in [-0.05, 0) is 42.4 Å². The first-order valence-electron chi connectivity index (χ1n) is 9.35. The first-order chi connectivity index (χ1) is 13.1. The van der Waals surface area contributed by atoms with E-state index in [1.165, 1.54) is 0 Å². The molecule has 5 heteroatoms. The van der Waals surface area contributed by atoms with E-state index in [1.807, 2.05) is 53.4 Å². The van der Waals surface area contributed by atoms with Crippen molar-refractivity contribution in [2.24, 2.45) is 0 Å². The Morgan fingerprint density at radius 2 is 1.30 bits per heavy atom. The molecule has 0 radical (unpaired) electrons. The van der Waals surface area contributed by atoms with Gasteiger partial charge >= 0.3 is 0 Å². The number of amides is 1. The maximum atomic E-state index is 13.0. The molecule has 0 atom stereocenters. The Bertz CT molecular complexity index is 688. The van der Waals surface area contributed by atoms with Crippen molar-refractivity contribution in [3.8, 4) is 11.5 Å². The molecule has 2 aromatic carbocycles. The van der Waals surface area contributed by atoms with Crippen molar-refractivity contribution in [2.75, 3.05) is 47.4 Å². The number of benzene rings is 2. The first-order valence-corrected chi connectivity index (χ1v) is 9.35. The van der Waals surface area contributed by atoms with Crippen LogP contribution in [-0.4, -0.2) is 63.2 Å². The molecule has 0 unspecified atom stereocenters. The SMILES string of the molecule is COc1ccc(C(CC(=O)N2CCN(C)CC2)c2ccc(OC)cc2)cc1. The maximum absolute atomic E-state index is 13.0. The third-order valence-corrected chi connectivity index (χ3v) is 5.27. The van der Waals surface area contributed by atoms with Crippen LogP contribution in [0.1, 0.15) is 23.5 Å². The Labute approximate surface area is 161 Å². The van der Waals surface area contributed by atoms with Crippen molar-refractivity contribution < 1.29 is 14.3 Å². The second-order valence-electron chi connectivity index (χ2n) is 6.99. The van der Waals surface area contributed by atoms with E-state index in [2.05, 4.69) is 11.9 Å². The minimum atomic E-state index is 0.00830. The maximum Gasteiger partial charge on any atom is 0.223 e. The molecule has 1 aliphatic heterocycles. The van der Waals surface area contributed by atoms with E-state index in [9.17, 15) is 4.79 Å². The summed E-state index contributed by atoms with van der Waals surface area (Å²) in [5.74, 6) is 1.85. The van der Waals surface area contributed by atoms with Crippen LogP contribution in [0.25, 0.3) is 0 Å². The molecule has 27 heavy (non-hydrogen) atoms. The standard InChI is InChI=1S/C22H28N2O3/c1-23-12-14-24(15-13-23)22(25)16-21(17-4-8-19(26-2)9-5-17)18-6-10-20(27-3)11-7-18/h4-11,21H,12-16H2,1-3H3. The summed E-state index contributed by atoms with van der Waals surface area (Å²) in [6, 6.07) is 16.0. The predicted octanol–water partition coefficient (Wildman–Crippen LogP) is 3.00. The Morgan fingerprint density at radius 1 is 0.852 bits per heavy atom. The monoisotopic (exact) mass is 368 g/mol. The van der Waals surface area contributed by atoms with Gasteiger partial charge in [-0.2, -0.15) is 0 Å². The van der Waals surface area contributed by atoms with Crippen molar-refractivity contribution in [1.82, 2.24) is 9.80 Å². The zero-order chi connectivity index (χ0) is 19.2. The first kappa shape index (κ1) is 19.2.